The van der Waals surface area contributed by atoms with Gasteiger partial charge in [-0.05, 0) is 24.6 Å². The van der Waals surface area contributed by atoms with Crippen molar-refractivity contribution in [3.63, 3.8) is 0 Å². The summed E-state index contributed by atoms with van der Waals surface area (Å²) < 4.78 is 4.96. The van der Waals surface area contributed by atoms with Crippen LogP contribution < -0.4 is 10.1 Å². The monoisotopic (exact) mass is 338 g/mol. The number of carbonyl (C=O) groups excluding carboxylic acids is 3. The van der Waals surface area contributed by atoms with E-state index < -0.39 is 17.3 Å². The van der Waals surface area contributed by atoms with Crippen molar-refractivity contribution in [1.29, 1.82) is 0 Å². The summed E-state index contributed by atoms with van der Waals surface area (Å²) in [5, 5.41) is 15.1. The molecule has 0 aliphatic heterocycles. The van der Waals surface area contributed by atoms with Crippen LogP contribution in [0.5, 0.6) is 11.5 Å². The maximum absolute atomic E-state index is 12.9. The van der Waals surface area contributed by atoms with Gasteiger partial charge in [0.05, 0.1) is 23.9 Å². The Morgan fingerprint density at radius 1 is 1.04 bits per heavy atom. The molecule has 0 saturated heterocycles. The predicted octanol–water partition coefficient (Wildman–Crippen LogP) is 3.35. The molecular formula is C19H16NO5. The summed E-state index contributed by atoms with van der Waals surface area (Å²) in [5.41, 5.74) is 0.308. The first-order valence-corrected chi connectivity index (χ1v) is 7.89. The molecule has 0 unspecified atom stereocenters. The Morgan fingerprint density at radius 2 is 1.76 bits per heavy atom. The number of benzene rings is 2. The van der Waals surface area contributed by atoms with Gasteiger partial charge in [-0.1, -0.05) is 19.1 Å². The fraction of sp³-hybridized carbons (Fsp3) is 0.211. The van der Waals surface area contributed by atoms with E-state index in [1.165, 1.54) is 25.3 Å². The minimum atomic E-state index is -0.626. The van der Waals surface area contributed by atoms with Crippen LogP contribution in [0.25, 0.3) is 0 Å². The molecule has 25 heavy (non-hydrogen) atoms. The van der Waals surface area contributed by atoms with Gasteiger partial charge in [-0.2, -0.15) is 0 Å². The van der Waals surface area contributed by atoms with Crippen LogP contribution in [0.4, 0.5) is 5.69 Å². The van der Waals surface area contributed by atoms with Crippen molar-refractivity contribution < 1.29 is 24.2 Å². The third-order valence-corrected chi connectivity index (χ3v) is 4.10. The van der Waals surface area contributed by atoms with E-state index in [1.54, 1.807) is 12.1 Å². The summed E-state index contributed by atoms with van der Waals surface area (Å²) in [6.07, 6.45) is 0.946. The van der Waals surface area contributed by atoms with E-state index in [-0.39, 0.29) is 39.6 Å². The number of ether oxygens (including phenoxy) is 1. The van der Waals surface area contributed by atoms with Crippen molar-refractivity contribution in [2.24, 2.45) is 0 Å². The molecule has 1 radical (unpaired) electrons. The first-order chi connectivity index (χ1) is 12.0. The van der Waals surface area contributed by atoms with E-state index >= 15 is 0 Å². The lowest BCUT2D eigenvalue weighted by molar-refractivity contribution is -0.116. The molecule has 1 aliphatic carbocycles. The molecule has 0 aromatic heterocycles. The number of methoxy groups -OCH3 is 1. The minimum absolute atomic E-state index is 0.00384. The van der Waals surface area contributed by atoms with Crippen LogP contribution in [-0.4, -0.2) is 24.6 Å². The number of nitrogens with one attached hydrogen (secondary N) is 1. The fourth-order valence-electron chi connectivity index (χ4n) is 2.94. The third kappa shape index (κ3) is 2.65. The van der Waals surface area contributed by atoms with Gasteiger partial charge in [-0.25, -0.2) is 0 Å². The van der Waals surface area contributed by atoms with Gasteiger partial charge in [-0.15, -0.1) is 0 Å². The summed E-state index contributed by atoms with van der Waals surface area (Å²) >= 11 is 0. The molecule has 0 heterocycles. The molecule has 0 fully saturated rings. The van der Waals surface area contributed by atoms with E-state index in [9.17, 15) is 19.5 Å². The Bertz CT molecular complexity index is 901. The highest BCUT2D eigenvalue weighted by atomic mass is 16.5. The third-order valence-electron chi connectivity index (χ3n) is 4.10. The van der Waals surface area contributed by atoms with Crippen molar-refractivity contribution in [2.45, 2.75) is 19.8 Å². The highest BCUT2D eigenvalue weighted by Crippen LogP contribution is 2.40. The number of hydrogen-bond donors (Lipinski definition) is 1. The molecule has 0 atom stereocenters. The van der Waals surface area contributed by atoms with E-state index in [1.807, 2.05) is 6.92 Å². The Hall–Kier alpha value is -3.15. The van der Waals surface area contributed by atoms with Crippen molar-refractivity contribution in [3.8, 4) is 11.5 Å². The summed E-state index contributed by atoms with van der Waals surface area (Å²) in [6.45, 7) is 1.86. The van der Waals surface area contributed by atoms with Gasteiger partial charge >= 0.3 is 0 Å². The lowest BCUT2D eigenvalue weighted by Gasteiger charge is -2.21. The number of carbonyl (C=O) groups is 3. The maximum atomic E-state index is 12.9. The van der Waals surface area contributed by atoms with Crippen LogP contribution in [0.15, 0.2) is 30.3 Å². The SMILES string of the molecule is CCCC(=O)Nc1cccc2c1C(=O)c1c(ccc(OC)c1[O])C2=O. The average molecular weight is 338 g/mol. The van der Waals surface area contributed by atoms with Gasteiger partial charge in [0.15, 0.2) is 11.5 Å². The van der Waals surface area contributed by atoms with E-state index in [2.05, 4.69) is 5.32 Å². The molecule has 0 saturated carbocycles. The molecule has 0 bridgehead atoms. The quantitative estimate of drug-likeness (QED) is 0.789. The molecule has 127 valence electrons. The smallest absolute Gasteiger partial charge is 0.232 e. The topological polar surface area (TPSA) is 92.4 Å². The molecule has 2 aromatic rings. The van der Waals surface area contributed by atoms with Crippen LogP contribution >= 0.6 is 0 Å². The normalized spacial score (nSPS) is 12.4. The van der Waals surface area contributed by atoms with Gasteiger partial charge in [0.1, 0.15) is 0 Å². The zero-order chi connectivity index (χ0) is 18.1. The first-order valence-electron chi connectivity index (χ1n) is 7.89. The average Bonchev–Trinajstić information content (AvgIpc) is 2.59. The Morgan fingerprint density at radius 3 is 2.44 bits per heavy atom. The second kappa shape index (κ2) is 6.39. The molecule has 1 aliphatic rings. The van der Waals surface area contributed by atoms with Crippen LogP contribution in [-0.2, 0) is 9.90 Å². The lowest BCUT2D eigenvalue weighted by Crippen LogP contribution is -2.24. The molecule has 2 aromatic carbocycles. The Labute approximate surface area is 144 Å². The summed E-state index contributed by atoms with van der Waals surface area (Å²) in [4.78, 5) is 37.6. The second-order valence-corrected chi connectivity index (χ2v) is 5.70. The Kier molecular flexibility index (Phi) is 4.27. The van der Waals surface area contributed by atoms with E-state index in [0.29, 0.717) is 12.8 Å². The largest absolute Gasteiger partial charge is 0.493 e. The molecule has 3 rings (SSSR count). The predicted molar refractivity (Wildman–Crippen MR) is 90.0 cm³/mol. The second-order valence-electron chi connectivity index (χ2n) is 5.70. The van der Waals surface area contributed by atoms with Crippen molar-refractivity contribution in [2.75, 3.05) is 12.4 Å². The van der Waals surface area contributed by atoms with E-state index in [4.69, 9.17) is 4.74 Å². The lowest BCUT2D eigenvalue weighted by atomic mass is 9.82. The fourth-order valence-corrected chi connectivity index (χ4v) is 2.94. The van der Waals surface area contributed by atoms with Gasteiger partial charge in [0, 0.05) is 17.5 Å². The van der Waals surface area contributed by atoms with Gasteiger partial charge < -0.3 is 10.1 Å². The molecular weight excluding hydrogens is 322 g/mol. The van der Waals surface area contributed by atoms with Crippen LogP contribution in [0.3, 0.4) is 0 Å². The van der Waals surface area contributed by atoms with Crippen molar-refractivity contribution >= 4 is 23.2 Å². The number of hydrogen-bond acceptors (Lipinski definition) is 4. The first kappa shape index (κ1) is 16.7. The Balaban J connectivity index is 2.17. The highest BCUT2D eigenvalue weighted by Gasteiger charge is 2.35. The summed E-state index contributed by atoms with van der Waals surface area (Å²) in [6, 6.07) is 7.46. The van der Waals surface area contributed by atoms with Crippen LogP contribution in [0.2, 0.25) is 0 Å². The number of rotatable bonds is 4. The number of fused-ring (bicyclic) bond motifs is 2. The highest BCUT2D eigenvalue weighted by molar-refractivity contribution is 6.31. The van der Waals surface area contributed by atoms with Crippen LogP contribution in [0.1, 0.15) is 51.6 Å². The molecule has 6 heteroatoms. The number of amides is 1. The van der Waals surface area contributed by atoms with Gasteiger partial charge in [-0.3, -0.25) is 19.5 Å². The van der Waals surface area contributed by atoms with E-state index in [0.717, 1.165) is 0 Å². The van der Waals surface area contributed by atoms with Gasteiger partial charge in [0.2, 0.25) is 17.4 Å². The summed E-state index contributed by atoms with van der Waals surface area (Å²) in [7, 11) is 1.32. The van der Waals surface area contributed by atoms with Crippen LogP contribution in [0, 0.1) is 0 Å². The zero-order valence-electron chi connectivity index (χ0n) is 13.8. The molecule has 6 nitrogen and oxygen atoms in total. The van der Waals surface area contributed by atoms with Crippen molar-refractivity contribution in [1.82, 2.24) is 0 Å². The van der Waals surface area contributed by atoms with Gasteiger partial charge in [0.25, 0.3) is 0 Å². The zero-order valence-corrected chi connectivity index (χ0v) is 13.8. The summed E-state index contributed by atoms with van der Waals surface area (Å²) in [5.74, 6) is -1.89. The standard InChI is InChI=1S/C19H16NO5/c1-3-5-14(21)20-12-7-4-6-10-15(12)19(24)16-11(17(10)22)8-9-13(25-2)18(16)23/h4,6-9H,3,5H2,1-2H3,(H,20,21). The molecule has 1 N–H and O–H groups in total. The van der Waals surface area contributed by atoms with Crippen molar-refractivity contribution in [3.05, 3.63) is 52.6 Å². The number of anilines is 1. The molecule has 0 spiro atoms. The minimum Gasteiger partial charge on any atom is -0.493 e. The molecule has 1 amide bonds. The maximum Gasteiger partial charge on any atom is 0.232 e. The number of ketones is 2.